The second-order valence-electron chi connectivity index (χ2n) is 6.73. The highest BCUT2D eigenvalue weighted by molar-refractivity contribution is 5.12. The molecule has 136 valence electrons. The second kappa shape index (κ2) is 10.4. The lowest BCUT2D eigenvalue weighted by Crippen LogP contribution is -2.43. The van der Waals surface area contributed by atoms with Crippen molar-refractivity contribution in [2.24, 2.45) is 5.92 Å². The molecule has 1 aliphatic carbocycles. The monoisotopic (exact) mass is 330 g/mol. The van der Waals surface area contributed by atoms with Gasteiger partial charge in [0.25, 0.3) is 0 Å². The van der Waals surface area contributed by atoms with E-state index in [0.29, 0.717) is 19.4 Å². The summed E-state index contributed by atoms with van der Waals surface area (Å²) in [6, 6.07) is 0. The Morgan fingerprint density at radius 1 is 1.22 bits per heavy atom. The molecule has 0 saturated heterocycles. The van der Waals surface area contributed by atoms with Gasteiger partial charge in [-0.3, -0.25) is 0 Å². The van der Waals surface area contributed by atoms with Crippen LogP contribution < -0.4 is 0 Å². The minimum Gasteiger partial charge on any atom is -0.392 e. The van der Waals surface area contributed by atoms with Gasteiger partial charge in [0.15, 0.2) is 0 Å². The molecule has 0 aromatic rings. The number of unbranched alkanes of at least 4 members (excludes halogenated alkanes) is 3. The molecule has 23 heavy (non-hydrogen) atoms. The van der Waals surface area contributed by atoms with Gasteiger partial charge in [-0.25, -0.2) is 0 Å². The maximum absolute atomic E-state index is 10.8. The standard InChI is InChI=1S/C18H34O5/c1-3-4-5-8-14(19)9-10-15-16(20)13-17(21)18(15,22)11-6-7-12-23-2/h9-10,14-17,19-22H,3-8,11-13H2,1-2H3/b10-9+/t14-,15-,16+,17-,18+/m0/s1. The van der Waals surface area contributed by atoms with Crippen LogP contribution in [0.4, 0.5) is 0 Å². The number of rotatable bonds is 11. The summed E-state index contributed by atoms with van der Waals surface area (Å²) in [6.07, 6.45) is 6.99. The topological polar surface area (TPSA) is 90.2 Å². The maximum atomic E-state index is 10.8. The van der Waals surface area contributed by atoms with Gasteiger partial charge in [0, 0.05) is 26.1 Å². The van der Waals surface area contributed by atoms with Crippen LogP contribution in [0.3, 0.4) is 0 Å². The van der Waals surface area contributed by atoms with Gasteiger partial charge in [0.05, 0.1) is 23.9 Å². The molecule has 0 heterocycles. The number of hydrogen-bond donors (Lipinski definition) is 4. The summed E-state index contributed by atoms with van der Waals surface area (Å²) in [5.41, 5.74) is -1.33. The van der Waals surface area contributed by atoms with Gasteiger partial charge in [-0.15, -0.1) is 0 Å². The van der Waals surface area contributed by atoms with Crippen LogP contribution in [0.15, 0.2) is 12.2 Å². The average Bonchev–Trinajstić information content (AvgIpc) is 2.72. The van der Waals surface area contributed by atoms with Crippen molar-refractivity contribution in [1.29, 1.82) is 0 Å². The quantitative estimate of drug-likeness (QED) is 0.342. The number of ether oxygens (including phenoxy) is 1. The Balaban J connectivity index is 2.60. The van der Waals surface area contributed by atoms with Crippen LogP contribution in [-0.2, 0) is 4.74 Å². The fourth-order valence-electron chi connectivity index (χ4n) is 3.37. The van der Waals surface area contributed by atoms with Gasteiger partial charge in [-0.1, -0.05) is 38.3 Å². The summed E-state index contributed by atoms with van der Waals surface area (Å²) >= 11 is 0. The molecule has 0 aromatic carbocycles. The van der Waals surface area contributed by atoms with Crippen LogP contribution in [0.2, 0.25) is 0 Å². The molecule has 0 aromatic heterocycles. The third-order valence-corrected chi connectivity index (χ3v) is 4.85. The van der Waals surface area contributed by atoms with Gasteiger partial charge in [-0.2, -0.15) is 0 Å². The molecule has 0 aliphatic heterocycles. The first-order valence-corrected chi connectivity index (χ1v) is 8.89. The molecule has 0 unspecified atom stereocenters. The number of aliphatic hydroxyl groups excluding tert-OH is 3. The van der Waals surface area contributed by atoms with Crippen molar-refractivity contribution in [2.75, 3.05) is 13.7 Å². The molecule has 1 fully saturated rings. The molecule has 5 heteroatoms. The van der Waals surface area contributed by atoms with E-state index in [9.17, 15) is 20.4 Å². The van der Waals surface area contributed by atoms with E-state index >= 15 is 0 Å². The van der Waals surface area contributed by atoms with Crippen LogP contribution in [0.5, 0.6) is 0 Å². The molecule has 5 nitrogen and oxygen atoms in total. The zero-order valence-corrected chi connectivity index (χ0v) is 14.5. The van der Waals surface area contributed by atoms with Gasteiger partial charge >= 0.3 is 0 Å². The van der Waals surface area contributed by atoms with E-state index in [-0.39, 0.29) is 6.42 Å². The first-order chi connectivity index (χ1) is 11.0. The van der Waals surface area contributed by atoms with Crippen molar-refractivity contribution in [3.05, 3.63) is 12.2 Å². The Bertz CT molecular complexity index is 346. The van der Waals surface area contributed by atoms with E-state index in [1.54, 1.807) is 19.3 Å². The normalized spacial score (nSPS) is 32.7. The highest BCUT2D eigenvalue weighted by Crippen LogP contribution is 2.40. The molecule has 1 rings (SSSR count). The molecular weight excluding hydrogens is 296 g/mol. The van der Waals surface area contributed by atoms with Crippen molar-refractivity contribution in [3.63, 3.8) is 0 Å². The fraction of sp³-hybridized carbons (Fsp3) is 0.889. The first kappa shape index (κ1) is 20.6. The lowest BCUT2D eigenvalue weighted by Gasteiger charge is -2.32. The minimum atomic E-state index is -1.33. The lowest BCUT2D eigenvalue weighted by atomic mass is 9.83. The molecule has 1 aliphatic rings. The van der Waals surface area contributed by atoms with Gasteiger partial charge in [0.1, 0.15) is 0 Å². The summed E-state index contributed by atoms with van der Waals surface area (Å²) in [7, 11) is 1.63. The Morgan fingerprint density at radius 2 is 1.96 bits per heavy atom. The number of hydrogen-bond acceptors (Lipinski definition) is 5. The van der Waals surface area contributed by atoms with Crippen LogP contribution in [0.1, 0.15) is 58.3 Å². The Morgan fingerprint density at radius 3 is 2.61 bits per heavy atom. The molecule has 0 amide bonds. The average molecular weight is 330 g/mol. The van der Waals surface area contributed by atoms with E-state index < -0.39 is 29.8 Å². The van der Waals surface area contributed by atoms with Crippen LogP contribution >= 0.6 is 0 Å². The van der Waals surface area contributed by atoms with Crippen molar-refractivity contribution < 1.29 is 25.2 Å². The van der Waals surface area contributed by atoms with Crippen LogP contribution in [0.25, 0.3) is 0 Å². The Hall–Kier alpha value is -0.460. The third-order valence-electron chi connectivity index (χ3n) is 4.85. The molecule has 0 bridgehead atoms. The molecule has 4 N–H and O–H groups in total. The van der Waals surface area contributed by atoms with Gasteiger partial charge in [-0.05, 0) is 25.7 Å². The molecule has 0 spiro atoms. The number of aliphatic hydroxyl groups is 4. The van der Waals surface area contributed by atoms with Crippen molar-refractivity contribution in [2.45, 2.75) is 82.2 Å². The molecular formula is C18H34O5. The summed E-state index contributed by atoms with van der Waals surface area (Å²) in [5, 5.41) is 41.1. The Kier molecular flexibility index (Phi) is 9.32. The summed E-state index contributed by atoms with van der Waals surface area (Å²) in [4.78, 5) is 0. The predicted octanol–water partition coefficient (Wildman–Crippen LogP) is 1.77. The van der Waals surface area contributed by atoms with E-state index in [4.69, 9.17) is 4.74 Å². The fourth-order valence-corrected chi connectivity index (χ4v) is 3.37. The zero-order valence-electron chi connectivity index (χ0n) is 14.5. The van der Waals surface area contributed by atoms with Crippen LogP contribution in [-0.4, -0.2) is 58.1 Å². The Labute approximate surface area is 140 Å². The minimum absolute atomic E-state index is 0.168. The molecule has 0 radical (unpaired) electrons. The largest absolute Gasteiger partial charge is 0.392 e. The van der Waals surface area contributed by atoms with Crippen LogP contribution in [0, 0.1) is 5.92 Å². The van der Waals surface area contributed by atoms with Crippen molar-refractivity contribution in [3.8, 4) is 0 Å². The molecule has 5 atom stereocenters. The number of methoxy groups -OCH3 is 1. The smallest absolute Gasteiger partial charge is 0.0993 e. The SMILES string of the molecule is CCCCC[C@H](O)/C=C/[C@H]1[C@H](O)C[C@H](O)[C@@]1(O)CCCCOC. The highest BCUT2D eigenvalue weighted by Gasteiger charge is 2.51. The maximum Gasteiger partial charge on any atom is 0.0993 e. The van der Waals surface area contributed by atoms with Crippen molar-refractivity contribution in [1.82, 2.24) is 0 Å². The molecule has 1 saturated carbocycles. The van der Waals surface area contributed by atoms with Gasteiger partial charge in [0.2, 0.25) is 0 Å². The lowest BCUT2D eigenvalue weighted by molar-refractivity contribution is -0.0823. The zero-order chi connectivity index (χ0) is 17.3. The summed E-state index contributed by atoms with van der Waals surface area (Å²) in [5.74, 6) is -0.541. The highest BCUT2D eigenvalue weighted by atomic mass is 16.5. The van der Waals surface area contributed by atoms with E-state index in [1.165, 1.54) is 0 Å². The summed E-state index contributed by atoms with van der Waals surface area (Å²) < 4.78 is 5.00. The van der Waals surface area contributed by atoms with E-state index in [2.05, 4.69) is 6.92 Å². The van der Waals surface area contributed by atoms with E-state index in [1.807, 2.05) is 0 Å². The second-order valence-corrected chi connectivity index (χ2v) is 6.73. The van der Waals surface area contributed by atoms with E-state index in [0.717, 1.165) is 32.1 Å². The van der Waals surface area contributed by atoms with Gasteiger partial charge < -0.3 is 25.2 Å². The summed E-state index contributed by atoms with van der Waals surface area (Å²) in [6.45, 7) is 2.73. The van der Waals surface area contributed by atoms with Crippen molar-refractivity contribution >= 4 is 0 Å². The third kappa shape index (κ3) is 6.16. The first-order valence-electron chi connectivity index (χ1n) is 8.89. The predicted molar refractivity (Wildman–Crippen MR) is 90.1 cm³/mol.